The molecule has 1 atom stereocenters. The second kappa shape index (κ2) is 11.2. The first-order valence-electron chi connectivity index (χ1n) is 8.28. The first-order chi connectivity index (χ1) is 10.4. The summed E-state index contributed by atoms with van der Waals surface area (Å²) in [5.41, 5.74) is 0. The van der Waals surface area contributed by atoms with Gasteiger partial charge in [-0.3, -0.25) is 4.79 Å². The molecule has 1 fully saturated rings. The van der Waals surface area contributed by atoms with Crippen molar-refractivity contribution < 1.29 is 13.2 Å². The van der Waals surface area contributed by atoms with Crippen molar-refractivity contribution >= 4 is 28.3 Å². The quantitative estimate of drug-likeness (QED) is 0.599. The van der Waals surface area contributed by atoms with E-state index >= 15 is 0 Å². The Morgan fingerprint density at radius 3 is 2.52 bits per heavy atom. The third-order valence-electron chi connectivity index (χ3n) is 4.51. The molecule has 8 heteroatoms. The maximum Gasteiger partial charge on any atom is 0.220 e. The molecule has 6 nitrogen and oxygen atoms in total. The van der Waals surface area contributed by atoms with Gasteiger partial charge in [0, 0.05) is 26.6 Å². The van der Waals surface area contributed by atoms with Crippen molar-refractivity contribution in [1.29, 1.82) is 0 Å². The lowest BCUT2D eigenvalue weighted by Gasteiger charge is -2.27. The first-order valence-corrected chi connectivity index (χ1v) is 9.89. The number of amides is 1. The molecule has 0 aliphatic carbocycles. The van der Waals surface area contributed by atoms with Gasteiger partial charge in [0.15, 0.2) is 0 Å². The van der Waals surface area contributed by atoms with Crippen LogP contribution in [0.4, 0.5) is 0 Å². The summed E-state index contributed by atoms with van der Waals surface area (Å²) in [4.78, 5) is 11.9. The van der Waals surface area contributed by atoms with Gasteiger partial charge in [0.25, 0.3) is 0 Å². The van der Waals surface area contributed by atoms with Crippen LogP contribution in [0.2, 0.25) is 0 Å². The number of halogens is 1. The molecule has 0 bridgehead atoms. The molecule has 0 aromatic carbocycles. The van der Waals surface area contributed by atoms with Crippen LogP contribution in [-0.2, 0) is 14.8 Å². The molecular weight excluding hydrogens is 338 g/mol. The topological polar surface area (TPSA) is 78.5 Å². The third kappa shape index (κ3) is 8.33. The second-order valence-electron chi connectivity index (χ2n) is 6.19. The van der Waals surface area contributed by atoms with E-state index in [0.717, 1.165) is 25.9 Å². The van der Waals surface area contributed by atoms with Crippen LogP contribution in [0.25, 0.3) is 0 Å². The van der Waals surface area contributed by atoms with Gasteiger partial charge in [0.1, 0.15) is 0 Å². The number of carbonyl (C=O) groups excluding carboxylic acids is 1. The zero-order valence-corrected chi connectivity index (χ0v) is 16.1. The minimum atomic E-state index is -3.12. The highest BCUT2D eigenvalue weighted by molar-refractivity contribution is 7.89. The summed E-state index contributed by atoms with van der Waals surface area (Å²) in [6, 6.07) is 0. The van der Waals surface area contributed by atoms with Crippen molar-refractivity contribution in [2.45, 2.75) is 39.5 Å². The average Bonchev–Trinajstić information content (AvgIpc) is 2.52. The van der Waals surface area contributed by atoms with E-state index < -0.39 is 10.0 Å². The number of hydrogen-bond acceptors (Lipinski definition) is 4. The lowest BCUT2D eigenvalue weighted by molar-refractivity contribution is -0.122. The van der Waals surface area contributed by atoms with E-state index in [1.165, 1.54) is 4.31 Å². The van der Waals surface area contributed by atoms with Crippen molar-refractivity contribution in [1.82, 2.24) is 14.9 Å². The highest BCUT2D eigenvalue weighted by Gasteiger charge is 2.21. The lowest BCUT2D eigenvalue weighted by atomic mass is 9.84. The molecule has 1 heterocycles. The minimum absolute atomic E-state index is 0. The van der Waals surface area contributed by atoms with Gasteiger partial charge in [-0.25, -0.2) is 12.7 Å². The van der Waals surface area contributed by atoms with Crippen LogP contribution in [-0.4, -0.2) is 57.6 Å². The van der Waals surface area contributed by atoms with Crippen molar-refractivity contribution in [2.24, 2.45) is 11.8 Å². The Morgan fingerprint density at radius 1 is 1.35 bits per heavy atom. The van der Waals surface area contributed by atoms with E-state index in [2.05, 4.69) is 17.6 Å². The van der Waals surface area contributed by atoms with Crippen LogP contribution in [0.15, 0.2) is 0 Å². The smallest absolute Gasteiger partial charge is 0.220 e. The van der Waals surface area contributed by atoms with Gasteiger partial charge in [-0.05, 0) is 51.1 Å². The molecule has 0 spiro atoms. The minimum Gasteiger partial charge on any atom is -0.356 e. The predicted octanol–water partition coefficient (Wildman–Crippen LogP) is 1.22. The molecule has 1 unspecified atom stereocenters. The number of carbonyl (C=O) groups is 1. The highest BCUT2D eigenvalue weighted by Crippen LogP contribution is 2.24. The van der Waals surface area contributed by atoms with Gasteiger partial charge in [0.2, 0.25) is 15.9 Å². The van der Waals surface area contributed by atoms with E-state index in [1.54, 1.807) is 14.0 Å². The standard InChI is InChI=1S/C15H31N3O3S.ClH/c1-4-22(20,21)18(3)11-5-8-17-15(19)12-13(2)14-6-9-16-10-7-14;/h13-14,16H,4-12H2,1-3H3,(H,17,19);1H. The Morgan fingerprint density at radius 2 is 1.96 bits per heavy atom. The zero-order valence-electron chi connectivity index (χ0n) is 14.5. The fourth-order valence-electron chi connectivity index (χ4n) is 2.83. The number of nitrogens with zero attached hydrogens (tertiary/aromatic N) is 1. The summed E-state index contributed by atoms with van der Waals surface area (Å²) in [5, 5.41) is 6.24. The Kier molecular flexibility index (Phi) is 11.1. The summed E-state index contributed by atoms with van der Waals surface area (Å²) in [7, 11) is -1.53. The zero-order chi connectivity index (χ0) is 16.6. The number of sulfonamides is 1. The van der Waals surface area contributed by atoms with Crippen LogP contribution in [0.3, 0.4) is 0 Å². The number of piperidine rings is 1. The summed E-state index contributed by atoms with van der Waals surface area (Å²) >= 11 is 0. The molecule has 0 aromatic heterocycles. The van der Waals surface area contributed by atoms with Gasteiger partial charge in [-0.1, -0.05) is 6.92 Å². The Hall–Kier alpha value is -0.370. The maximum atomic E-state index is 11.9. The second-order valence-corrected chi connectivity index (χ2v) is 8.56. The van der Waals surface area contributed by atoms with Crippen LogP contribution >= 0.6 is 12.4 Å². The van der Waals surface area contributed by atoms with E-state index in [0.29, 0.717) is 37.8 Å². The highest BCUT2D eigenvalue weighted by atomic mass is 35.5. The summed E-state index contributed by atoms with van der Waals surface area (Å²) in [5.74, 6) is 1.23. The number of hydrogen-bond donors (Lipinski definition) is 2. The maximum absolute atomic E-state index is 11.9. The van der Waals surface area contributed by atoms with Crippen LogP contribution < -0.4 is 10.6 Å². The van der Waals surface area contributed by atoms with Gasteiger partial charge < -0.3 is 10.6 Å². The molecule has 1 saturated heterocycles. The van der Waals surface area contributed by atoms with Crippen molar-refractivity contribution in [3.05, 3.63) is 0 Å². The average molecular weight is 370 g/mol. The van der Waals surface area contributed by atoms with E-state index in [4.69, 9.17) is 0 Å². The molecule has 1 amide bonds. The van der Waals surface area contributed by atoms with Gasteiger partial charge >= 0.3 is 0 Å². The molecule has 0 aromatic rings. The Labute approximate surface area is 147 Å². The van der Waals surface area contributed by atoms with Crippen LogP contribution in [0.5, 0.6) is 0 Å². The SMILES string of the molecule is CCS(=O)(=O)N(C)CCCNC(=O)CC(C)C1CCNCC1.Cl. The molecule has 2 N–H and O–H groups in total. The van der Waals surface area contributed by atoms with Gasteiger partial charge in [-0.15, -0.1) is 12.4 Å². The van der Waals surface area contributed by atoms with Crippen molar-refractivity contribution in [3.63, 3.8) is 0 Å². The van der Waals surface area contributed by atoms with E-state index in [1.807, 2.05) is 0 Å². The Bertz CT molecular complexity index is 439. The molecule has 1 aliphatic heterocycles. The van der Waals surface area contributed by atoms with Crippen molar-refractivity contribution in [2.75, 3.05) is 39.0 Å². The summed E-state index contributed by atoms with van der Waals surface area (Å²) in [6.45, 7) is 6.86. The fraction of sp³-hybridized carbons (Fsp3) is 0.933. The summed E-state index contributed by atoms with van der Waals surface area (Å²) in [6.07, 6.45) is 3.50. The Balaban J connectivity index is 0.00000484. The molecule has 138 valence electrons. The predicted molar refractivity (Wildman–Crippen MR) is 96.3 cm³/mol. The van der Waals surface area contributed by atoms with E-state index in [-0.39, 0.29) is 24.1 Å². The molecule has 1 rings (SSSR count). The van der Waals surface area contributed by atoms with Gasteiger partial charge in [0.05, 0.1) is 5.75 Å². The third-order valence-corrected chi connectivity index (χ3v) is 6.37. The molecule has 0 saturated carbocycles. The monoisotopic (exact) mass is 369 g/mol. The number of nitrogens with one attached hydrogen (secondary N) is 2. The molecule has 23 heavy (non-hydrogen) atoms. The van der Waals surface area contributed by atoms with Gasteiger partial charge in [-0.2, -0.15) is 0 Å². The molecular formula is C15H32ClN3O3S. The largest absolute Gasteiger partial charge is 0.356 e. The van der Waals surface area contributed by atoms with Crippen LogP contribution in [0, 0.1) is 11.8 Å². The fourth-order valence-corrected chi connectivity index (χ4v) is 3.68. The molecule has 0 radical (unpaired) electrons. The van der Waals surface area contributed by atoms with Crippen molar-refractivity contribution in [3.8, 4) is 0 Å². The van der Waals surface area contributed by atoms with E-state index in [9.17, 15) is 13.2 Å². The molecule has 1 aliphatic rings. The van der Waals surface area contributed by atoms with Crippen LogP contribution in [0.1, 0.15) is 39.5 Å². The summed E-state index contributed by atoms with van der Waals surface area (Å²) < 4.78 is 24.5. The number of rotatable bonds is 9. The first kappa shape index (κ1) is 22.6. The lowest BCUT2D eigenvalue weighted by Crippen LogP contribution is -2.35. The normalized spacial score (nSPS) is 17.6.